The molecular formula is C18H16N6O. The van der Waals surface area contributed by atoms with Gasteiger partial charge < -0.3 is 10.5 Å². The molecule has 0 amide bonds. The van der Waals surface area contributed by atoms with E-state index in [1.165, 1.54) is 0 Å². The third-order valence-electron chi connectivity index (χ3n) is 3.88. The van der Waals surface area contributed by atoms with E-state index in [-0.39, 0.29) is 5.95 Å². The molecule has 0 bridgehead atoms. The molecule has 0 saturated heterocycles. The van der Waals surface area contributed by atoms with Crippen LogP contribution in [0.4, 0.5) is 11.9 Å². The number of nitrogens with two attached hydrogens (primary N) is 1. The van der Waals surface area contributed by atoms with Crippen molar-refractivity contribution in [3.63, 3.8) is 0 Å². The van der Waals surface area contributed by atoms with Crippen LogP contribution in [0.5, 0.6) is 5.75 Å². The van der Waals surface area contributed by atoms with Crippen molar-refractivity contribution in [1.29, 1.82) is 0 Å². The topological polar surface area (TPSA) is 90.3 Å². The summed E-state index contributed by atoms with van der Waals surface area (Å²) >= 11 is 0. The minimum Gasteiger partial charge on any atom is -0.497 e. The van der Waals surface area contributed by atoms with Crippen LogP contribution < -0.4 is 15.9 Å². The maximum absolute atomic E-state index is 5.91. The van der Waals surface area contributed by atoms with Gasteiger partial charge in [0, 0.05) is 5.56 Å². The molecule has 3 aromatic rings. The normalized spacial score (nSPS) is 13.2. The highest BCUT2D eigenvalue weighted by atomic mass is 16.5. The first-order valence-electron chi connectivity index (χ1n) is 7.73. The minimum atomic E-state index is 0.243. The number of nitrogen functional groups attached to an aromatic ring is 1. The van der Waals surface area contributed by atoms with E-state index >= 15 is 0 Å². The molecule has 7 heteroatoms. The van der Waals surface area contributed by atoms with Crippen molar-refractivity contribution in [2.24, 2.45) is 4.99 Å². The summed E-state index contributed by atoms with van der Waals surface area (Å²) in [5.74, 6) is 1.43. The van der Waals surface area contributed by atoms with Crippen molar-refractivity contribution in [1.82, 2.24) is 14.9 Å². The Bertz CT molecular complexity index is 957. The van der Waals surface area contributed by atoms with Gasteiger partial charge in [-0.1, -0.05) is 30.3 Å². The van der Waals surface area contributed by atoms with E-state index in [4.69, 9.17) is 10.5 Å². The summed E-state index contributed by atoms with van der Waals surface area (Å²) in [6, 6.07) is 17.6. The minimum absolute atomic E-state index is 0.243. The largest absolute Gasteiger partial charge is 0.497 e. The second-order valence-electron chi connectivity index (χ2n) is 5.45. The lowest BCUT2D eigenvalue weighted by Gasteiger charge is -2.12. The Morgan fingerprint density at radius 2 is 1.72 bits per heavy atom. The molecule has 0 radical (unpaired) electrons. The van der Waals surface area contributed by atoms with Gasteiger partial charge in [-0.25, -0.2) is 4.99 Å². The third-order valence-corrected chi connectivity index (χ3v) is 3.88. The van der Waals surface area contributed by atoms with Gasteiger partial charge in [0.1, 0.15) is 5.75 Å². The van der Waals surface area contributed by atoms with Crippen LogP contribution in [0.2, 0.25) is 0 Å². The number of benzene rings is 2. The van der Waals surface area contributed by atoms with E-state index in [1.54, 1.807) is 11.8 Å². The number of hydrogen-bond donors (Lipinski definition) is 2. The Morgan fingerprint density at radius 3 is 2.44 bits per heavy atom. The average Bonchev–Trinajstić information content (AvgIpc) is 2.90. The van der Waals surface area contributed by atoms with Crippen molar-refractivity contribution < 1.29 is 4.74 Å². The fourth-order valence-electron chi connectivity index (χ4n) is 2.57. The quantitative estimate of drug-likeness (QED) is 0.769. The molecule has 1 aromatic heterocycles. The lowest BCUT2D eigenvalue weighted by atomic mass is 10.1. The van der Waals surface area contributed by atoms with Gasteiger partial charge in [-0.15, -0.1) is 10.2 Å². The number of aliphatic imine (C=N–C) groups is 1. The molecule has 7 nitrogen and oxygen atoms in total. The van der Waals surface area contributed by atoms with Crippen LogP contribution in [0.3, 0.4) is 0 Å². The lowest BCUT2D eigenvalue weighted by Crippen LogP contribution is -2.15. The summed E-state index contributed by atoms with van der Waals surface area (Å²) in [7, 11) is 1.64. The molecule has 0 saturated carbocycles. The van der Waals surface area contributed by atoms with Crippen LogP contribution in [0.1, 0.15) is 11.1 Å². The van der Waals surface area contributed by atoms with E-state index in [0.717, 1.165) is 28.3 Å². The molecular weight excluding hydrogens is 316 g/mol. The molecule has 0 spiro atoms. The second kappa shape index (κ2) is 6.12. The van der Waals surface area contributed by atoms with Gasteiger partial charge in [0.25, 0.3) is 5.95 Å². The van der Waals surface area contributed by atoms with Crippen LogP contribution in [-0.2, 0) is 0 Å². The summed E-state index contributed by atoms with van der Waals surface area (Å²) < 4.78 is 6.79. The van der Waals surface area contributed by atoms with E-state index < -0.39 is 0 Å². The van der Waals surface area contributed by atoms with Crippen molar-refractivity contribution >= 4 is 23.3 Å². The van der Waals surface area contributed by atoms with E-state index in [1.807, 2.05) is 60.7 Å². The fraction of sp³-hybridized carbons (Fsp3) is 0.0556. The number of nitrogens with one attached hydrogen (secondary N) is 1. The Balaban J connectivity index is 1.84. The van der Waals surface area contributed by atoms with E-state index in [2.05, 4.69) is 20.6 Å². The van der Waals surface area contributed by atoms with Gasteiger partial charge in [0.15, 0.2) is 0 Å². The van der Waals surface area contributed by atoms with Gasteiger partial charge in [-0.2, -0.15) is 4.68 Å². The molecule has 2 aromatic carbocycles. The molecule has 0 unspecified atom stereocenters. The Kier molecular flexibility index (Phi) is 3.66. The zero-order valence-electron chi connectivity index (χ0n) is 13.5. The zero-order valence-corrected chi connectivity index (χ0v) is 13.5. The molecule has 2 heterocycles. The monoisotopic (exact) mass is 332 g/mol. The van der Waals surface area contributed by atoms with E-state index in [9.17, 15) is 0 Å². The zero-order chi connectivity index (χ0) is 17.2. The number of fused-ring (bicyclic) bond motifs is 1. The van der Waals surface area contributed by atoms with Gasteiger partial charge in [0.2, 0.25) is 5.95 Å². The third kappa shape index (κ3) is 2.83. The van der Waals surface area contributed by atoms with Crippen LogP contribution in [0.15, 0.2) is 65.7 Å². The number of hydrogen-bond acceptors (Lipinski definition) is 6. The summed E-state index contributed by atoms with van der Waals surface area (Å²) in [4.78, 5) is 4.60. The number of methoxy groups -OCH3 is 1. The number of nitrogens with zero attached hydrogens (tertiary/aromatic N) is 4. The first kappa shape index (κ1) is 14.9. The fourth-order valence-corrected chi connectivity index (χ4v) is 2.57. The predicted octanol–water partition coefficient (Wildman–Crippen LogP) is 2.59. The maximum Gasteiger partial charge on any atom is 0.272 e. The van der Waals surface area contributed by atoms with Crippen LogP contribution in [-0.4, -0.2) is 27.7 Å². The van der Waals surface area contributed by atoms with Crippen LogP contribution in [0.25, 0.3) is 5.70 Å². The lowest BCUT2D eigenvalue weighted by molar-refractivity contribution is 0.415. The van der Waals surface area contributed by atoms with Crippen LogP contribution >= 0.6 is 0 Å². The highest BCUT2D eigenvalue weighted by Gasteiger charge is 2.17. The summed E-state index contributed by atoms with van der Waals surface area (Å²) in [6.45, 7) is 0. The molecule has 25 heavy (non-hydrogen) atoms. The van der Waals surface area contributed by atoms with Crippen molar-refractivity contribution in [3.05, 3.63) is 71.8 Å². The molecule has 124 valence electrons. The molecule has 1 aliphatic heterocycles. The number of aromatic nitrogens is 3. The number of allylic oxidation sites excluding steroid dienone is 1. The summed E-state index contributed by atoms with van der Waals surface area (Å²) in [5, 5.41) is 7.93. The van der Waals surface area contributed by atoms with Crippen molar-refractivity contribution in [2.45, 2.75) is 0 Å². The van der Waals surface area contributed by atoms with Gasteiger partial charge in [-0.05, 0) is 35.9 Å². The highest BCUT2D eigenvalue weighted by molar-refractivity contribution is 6.14. The van der Waals surface area contributed by atoms with Crippen molar-refractivity contribution in [2.75, 3.05) is 18.3 Å². The average molecular weight is 332 g/mol. The maximum atomic E-state index is 5.91. The van der Waals surface area contributed by atoms with E-state index in [0.29, 0.717) is 5.95 Å². The van der Waals surface area contributed by atoms with Crippen LogP contribution in [0, 0.1) is 0 Å². The number of ether oxygens (including phenoxy) is 1. The number of rotatable bonds is 3. The molecule has 0 aliphatic carbocycles. The van der Waals surface area contributed by atoms with Crippen molar-refractivity contribution in [3.8, 4) is 5.75 Å². The summed E-state index contributed by atoms with van der Waals surface area (Å²) in [5.41, 5.74) is 12.7. The first-order chi connectivity index (χ1) is 12.2. The number of anilines is 1. The standard InChI is InChI=1S/C18H16N6O/c1-25-14-9-7-13(8-10-14)16-11-15(12-5-3-2-4-6-12)20-18-22-21-17(19)24(18)23-16/h2-11,23H,1H3,(H2,19,21). The Hall–Kier alpha value is -3.61. The smallest absolute Gasteiger partial charge is 0.272 e. The second-order valence-corrected chi connectivity index (χ2v) is 5.45. The first-order valence-corrected chi connectivity index (χ1v) is 7.73. The SMILES string of the molecule is COc1ccc(C2=CC(c3ccccc3)=Nc3nnc(N)n3N2)cc1. The molecule has 3 N–H and O–H groups in total. The molecule has 0 fully saturated rings. The van der Waals surface area contributed by atoms with Gasteiger partial charge >= 0.3 is 0 Å². The molecule has 4 rings (SSSR count). The molecule has 0 atom stereocenters. The predicted molar refractivity (Wildman–Crippen MR) is 97.4 cm³/mol. The highest BCUT2D eigenvalue weighted by Crippen LogP contribution is 2.24. The van der Waals surface area contributed by atoms with Gasteiger partial charge in [0.05, 0.1) is 18.5 Å². The molecule has 1 aliphatic rings. The Labute approximate surface area is 144 Å². The summed E-state index contributed by atoms with van der Waals surface area (Å²) in [6.07, 6.45) is 1.96. The Morgan fingerprint density at radius 1 is 0.960 bits per heavy atom. The van der Waals surface area contributed by atoms with Gasteiger partial charge in [-0.3, -0.25) is 5.43 Å².